The van der Waals surface area contributed by atoms with Crippen LogP contribution in [0.1, 0.15) is 5.56 Å². The third kappa shape index (κ3) is 2.87. The Bertz CT molecular complexity index is 1240. The molecule has 2 aromatic carbocycles. The fourth-order valence-electron chi connectivity index (χ4n) is 3.11. The number of aromatic nitrogens is 4. The molecule has 0 radical (unpaired) electrons. The molecule has 0 saturated carbocycles. The van der Waals surface area contributed by atoms with E-state index in [9.17, 15) is 0 Å². The molecule has 0 bridgehead atoms. The lowest BCUT2D eigenvalue weighted by Gasteiger charge is -2.04. The zero-order chi connectivity index (χ0) is 18.2. The van der Waals surface area contributed by atoms with Crippen LogP contribution in [0.25, 0.3) is 22.1 Å². The Morgan fingerprint density at radius 2 is 1.89 bits per heavy atom. The van der Waals surface area contributed by atoms with Gasteiger partial charge in [-0.2, -0.15) is 0 Å². The number of fused-ring (bicyclic) bond motifs is 2. The van der Waals surface area contributed by atoms with Crippen molar-refractivity contribution in [2.75, 3.05) is 5.32 Å². The molecule has 5 aromatic rings. The molecule has 0 aliphatic rings. The minimum atomic E-state index is 0.658. The molecule has 132 valence electrons. The molecular formula is C21H17N5O. The van der Waals surface area contributed by atoms with E-state index >= 15 is 0 Å². The first-order valence-corrected chi connectivity index (χ1v) is 8.69. The lowest BCUT2D eigenvalue weighted by Crippen LogP contribution is -1.91. The second kappa shape index (κ2) is 6.17. The number of rotatable bonds is 4. The summed E-state index contributed by atoms with van der Waals surface area (Å²) in [5, 5.41) is 3.31. The summed E-state index contributed by atoms with van der Waals surface area (Å²) >= 11 is 0. The van der Waals surface area contributed by atoms with Gasteiger partial charge in [-0.05, 0) is 42.8 Å². The first kappa shape index (κ1) is 15.5. The highest BCUT2D eigenvalue weighted by Gasteiger charge is 2.10. The lowest BCUT2D eigenvalue weighted by atomic mass is 10.2. The van der Waals surface area contributed by atoms with Crippen molar-refractivity contribution in [3.8, 4) is 11.5 Å². The monoisotopic (exact) mass is 355 g/mol. The number of ether oxygens (including phenoxy) is 1. The number of H-pyrrole nitrogens is 2. The summed E-state index contributed by atoms with van der Waals surface area (Å²) in [6, 6.07) is 17.5. The van der Waals surface area contributed by atoms with Crippen molar-refractivity contribution in [3.63, 3.8) is 0 Å². The van der Waals surface area contributed by atoms with Crippen LogP contribution in [0.15, 0.2) is 67.0 Å². The van der Waals surface area contributed by atoms with Gasteiger partial charge in [-0.25, -0.2) is 4.98 Å². The standard InChI is InChI=1S/C21H17N5O/c1-13-9-10-22-20-18(12-23-19(13)20)26-21-24-16-8-7-15(11-17(16)25-21)27-14-5-3-2-4-6-14/h2-12,23H,1H3,(H2,24,25,26). The van der Waals surface area contributed by atoms with Gasteiger partial charge in [0.25, 0.3) is 0 Å². The van der Waals surface area contributed by atoms with Crippen molar-refractivity contribution in [2.24, 2.45) is 0 Å². The highest BCUT2D eigenvalue weighted by atomic mass is 16.5. The Hall–Kier alpha value is -3.80. The number of nitrogens with zero attached hydrogens (tertiary/aromatic N) is 2. The van der Waals surface area contributed by atoms with Crippen LogP contribution in [0.2, 0.25) is 0 Å². The Morgan fingerprint density at radius 3 is 2.78 bits per heavy atom. The quantitative estimate of drug-likeness (QED) is 0.410. The zero-order valence-corrected chi connectivity index (χ0v) is 14.7. The Labute approximate surface area is 155 Å². The summed E-state index contributed by atoms with van der Waals surface area (Å²) in [5.74, 6) is 2.20. The molecule has 0 aliphatic carbocycles. The summed E-state index contributed by atoms with van der Waals surface area (Å²) in [6.07, 6.45) is 3.71. The molecular weight excluding hydrogens is 338 g/mol. The number of aryl methyl sites for hydroxylation is 1. The molecule has 6 heteroatoms. The van der Waals surface area contributed by atoms with Gasteiger partial charge in [0, 0.05) is 18.5 Å². The fraction of sp³-hybridized carbons (Fsp3) is 0.0476. The number of hydrogen-bond acceptors (Lipinski definition) is 4. The number of anilines is 2. The summed E-state index contributed by atoms with van der Waals surface area (Å²) < 4.78 is 5.88. The van der Waals surface area contributed by atoms with E-state index in [-0.39, 0.29) is 0 Å². The molecule has 3 aromatic heterocycles. The average Bonchev–Trinajstić information content (AvgIpc) is 3.27. The number of imidazole rings is 1. The maximum absolute atomic E-state index is 5.88. The predicted octanol–water partition coefficient (Wildman–Crippen LogP) is 5.28. The average molecular weight is 355 g/mol. The Morgan fingerprint density at radius 1 is 1.00 bits per heavy atom. The summed E-state index contributed by atoms with van der Waals surface area (Å²) in [4.78, 5) is 15.6. The number of aromatic amines is 2. The van der Waals surface area contributed by atoms with Gasteiger partial charge in [0.05, 0.1) is 22.2 Å². The molecule has 0 saturated heterocycles. The molecule has 3 N–H and O–H groups in total. The molecule has 0 amide bonds. The van der Waals surface area contributed by atoms with Gasteiger partial charge in [0.15, 0.2) is 0 Å². The predicted molar refractivity (Wildman–Crippen MR) is 107 cm³/mol. The van der Waals surface area contributed by atoms with E-state index < -0.39 is 0 Å². The van der Waals surface area contributed by atoms with Crippen LogP contribution in [0.5, 0.6) is 11.5 Å². The summed E-state index contributed by atoms with van der Waals surface area (Å²) in [5.41, 5.74) is 5.71. The molecule has 0 aliphatic heterocycles. The fourth-order valence-corrected chi connectivity index (χ4v) is 3.11. The van der Waals surface area contributed by atoms with Crippen molar-refractivity contribution in [3.05, 3.63) is 72.6 Å². The second-order valence-corrected chi connectivity index (χ2v) is 6.36. The number of pyridine rings is 1. The van der Waals surface area contributed by atoms with Crippen LogP contribution >= 0.6 is 0 Å². The van der Waals surface area contributed by atoms with E-state index in [4.69, 9.17) is 4.74 Å². The van der Waals surface area contributed by atoms with Crippen molar-refractivity contribution in [1.29, 1.82) is 0 Å². The van der Waals surface area contributed by atoms with Crippen molar-refractivity contribution < 1.29 is 4.74 Å². The third-order valence-corrected chi connectivity index (χ3v) is 4.46. The van der Waals surface area contributed by atoms with Crippen molar-refractivity contribution >= 4 is 33.7 Å². The van der Waals surface area contributed by atoms with Gasteiger partial charge in [0.2, 0.25) is 5.95 Å². The van der Waals surface area contributed by atoms with Crippen LogP contribution < -0.4 is 10.1 Å². The normalized spacial score (nSPS) is 11.1. The Kier molecular flexibility index (Phi) is 3.53. The minimum Gasteiger partial charge on any atom is -0.457 e. The van der Waals surface area contributed by atoms with Crippen LogP contribution in [0.3, 0.4) is 0 Å². The van der Waals surface area contributed by atoms with E-state index in [2.05, 4.69) is 32.2 Å². The van der Waals surface area contributed by atoms with Gasteiger partial charge in [-0.15, -0.1) is 0 Å². The lowest BCUT2D eigenvalue weighted by molar-refractivity contribution is 0.483. The van der Waals surface area contributed by atoms with E-state index in [1.165, 1.54) is 0 Å². The number of para-hydroxylation sites is 1. The SMILES string of the molecule is Cc1ccnc2c(Nc3nc4cc(Oc5ccccc5)ccc4[nH]3)c[nH]c12. The number of benzene rings is 2. The molecule has 0 spiro atoms. The summed E-state index contributed by atoms with van der Waals surface area (Å²) in [7, 11) is 0. The highest BCUT2D eigenvalue weighted by molar-refractivity contribution is 5.92. The van der Waals surface area contributed by atoms with Gasteiger partial charge in [-0.1, -0.05) is 18.2 Å². The largest absolute Gasteiger partial charge is 0.457 e. The molecule has 0 fully saturated rings. The van der Waals surface area contributed by atoms with Gasteiger partial charge >= 0.3 is 0 Å². The maximum Gasteiger partial charge on any atom is 0.205 e. The van der Waals surface area contributed by atoms with E-state index in [1.54, 1.807) is 0 Å². The van der Waals surface area contributed by atoms with Crippen LogP contribution in [-0.4, -0.2) is 19.9 Å². The third-order valence-electron chi connectivity index (χ3n) is 4.46. The smallest absolute Gasteiger partial charge is 0.205 e. The van der Waals surface area contributed by atoms with Crippen LogP contribution in [0.4, 0.5) is 11.6 Å². The molecule has 6 nitrogen and oxygen atoms in total. The molecule has 27 heavy (non-hydrogen) atoms. The van der Waals surface area contributed by atoms with E-state index in [1.807, 2.05) is 67.0 Å². The number of nitrogens with one attached hydrogen (secondary N) is 3. The van der Waals surface area contributed by atoms with Gasteiger partial charge < -0.3 is 20.0 Å². The topological polar surface area (TPSA) is 78.6 Å². The Balaban J connectivity index is 1.45. The first-order valence-electron chi connectivity index (χ1n) is 8.69. The molecule has 3 heterocycles. The highest BCUT2D eigenvalue weighted by Crippen LogP contribution is 2.28. The van der Waals surface area contributed by atoms with E-state index in [0.29, 0.717) is 5.95 Å². The number of hydrogen-bond donors (Lipinski definition) is 3. The van der Waals surface area contributed by atoms with Gasteiger partial charge in [0.1, 0.15) is 17.0 Å². The minimum absolute atomic E-state index is 0.658. The van der Waals surface area contributed by atoms with Gasteiger partial charge in [-0.3, -0.25) is 4.98 Å². The molecule has 0 unspecified atom stereocenters. The first-order chi connectivity index (χ1) is 13.3. The van der Waals surface area contributed by atoms with E-state index in [0.717, 1.165) is 44.8 Å². The second-order valence-electron chi connectivity index (χ2n) is 6.36. The van der Waals surface area contributed by atoms with Crippen molar-refractivity contribution in [1.82, 2.24) is 19.9 Å². The maximum atomic E-state index is 5.88. The van der Waals surface area contributed by atoms with Crippen molar-refractivity contribution in [2.45, 2.75) is 6.92 Å². The zero-order valence-electron chi connectivity index (χ0n) is 14.7. The summed E-state index contributed by atoms with van der Waals surface area (Å²) in [6.45, 7) is 2.06. The molecule has 5 rings (SSSR count). The molecule has 0 atom stereocenters. The van der Waals surface area contributed by atoms with Crippen LogP contribution in [-0.2, 0) is 0 Å². The van der Waals surface area contributed by atoms with Crippen LogP contribution in [0, 0.1) is 6.92 Å².